The van der Waals surface area contributed by atoms with Gasteiger partial charge in [0.1, 0.15) is 5.60 Å². The molecule has 2 unspecified atom stereocenters. The van der Waals surface area contributed by atoms with Crippen molar-refractivity contribution in [3.8, 4) is 0 Å². The number of carbonyl (C=O) groups excluding carboxylic acids is 1. The quantitative estimate of drug-likeness (QED) is 0.803. The second-order valence-corrected chi connectivity index (χ2v) is 6.91. The van der Waals surface area contributed by atoms with E-state index in [1.165, 1.54) is 5.56 Å². The second-order valence-electron chi connectivity index (χ2n) is 6.91. The molecule has 25 heavy (non-hydrogen) atoms. The lowest BCUT2D eigenvalue weighted by Gasteiger charge is -2.24. The molecule has 0 radical (unpaired) electrons. The molecular formula is C20H33NO4. The van der Waals surface area contributed by atoms with Crippen LogP contribution in [0, 0.1) is 0 Å². The summed E-state index contributed by atoms with van der Waals surface area (Å²) in [6.45, 7) is 9.00. The minimum absolute atomic E-state index is 0. The topological polar surface area (TPSA) is 67.8 Å². The molecule has 2 N–H and O–H groups in total. The van der Waals surface area contributed by atoms with E-state index in [1.54, 1.807) is 12.2 Å². The zero-order valence-corrected chi connectivity index (χ0v) is 15.7. The van der Waals surface area contributed by atoms with Gasteiger partial charge in [0.15, 0.2) is 0 Å². The maximum absolute atomic E-state index is 11.4. The number of hydrogen-bond acceptors (Lipinski definition) is 4. The summed E-state index contributed by atoms with van der Waals surface area (Å²) in [4.78, 5) is 11.4. The Labute approximate surface area is 152 Å². The highest BCUT2D eigenvalue weighted by molar-refractivity contribution is 5.68. The van der Waals surface area contributed by atoms with Crippen molar-refractivity contribution < 1.29 is 20.8 Å². The Balaban J connectivity index is 0.000000497. The maximum atomic E-state index is 11.4. The zero-order chi connectivity index (χ0) is 18.7. The fourth-order valence-electron chi connectivity index (χ4n) is 2.18. The molecule has 2 rings (SSSR count). The Morgan fingerprint density at radius 3 is 2.44 bits per heavy atom. The van der Waals surface area contributed by atoms with Gasteiger partial charge in [0.05, 0.1) is 18.8 Å². The van der Waals surface area contributed by atoms with E-state index in [1.807, 2.05) is 45.9 Å². The number of nitrogens with one attached hydrogen (secondary N) is 1. The van der Waals surface area contributed by atoms with Crippen molar-refractivity contribution in [3.63, 3.8) is 0 Å². The van der Waals surface area contributed by atoms with Crippen molar-refractivity contribution in [2.45, 2.75) is 64.9 Å². The first-order chi connectivity index (χ1) is 11.8. The third-order valence-electron chi connectivity index (χ3n) is 3.36. The number of amides is 1. The number of aliphatic hydroxyl groups is 1. The lowest BCUT2D eigenvalue weighted by molar-refractivity contribution is 0.0506. The van der Waals surface area contributed by atoms with Gasteiger partial charge in [-0.1, -0.05) is 42.5 Å². The third-order valence-corrected chi connectivity index (χ3v) is 3.36. The van der Waals surface area contributed by atoms with Gasteiger partial charge in [0.2, 0.25) is 0 Å². The Bertz CT molecular complexity index is 528. The molecule has 0 saturated carbocycles. The highest BCUT2D eigenvalue weighted by atomic mass is 16.6. The molecular weight excluding hydrogens is 318 g/mol. The predicted octanol–water partition coefficient (Wildman–Crippen LogP) is 4.06. The number of aliphatic hydroxyl groups excluding tert-OH is 1. The largest absolute Gasteiger partial charge is 0.444 e. The predicted molar refractivity (Wildman–Crippen MR) is 101 cm³/mol. The van der Waals surface area contributed by atoms with Crippen molar-refractivity contribution in [3.05, 3.63) is 48.0 Å². The van der Waals surface area contributed by atoms with Crippen LogP contribution in [0.4, 0.5) is 4.79 Å². The van der Waals surface area contributed by atoms with Crippen LogP contribution in [-0.4, -0.2) is 35.6 Å². The van der Waals surface area contributed by atoms with Crippen molar-refractivity contribution >= 4 is 6.09 Å². The van der Waals surface area contributed by atoms with Crippen LogP contribution < -0.4 is 5.32 Å². The molecule has 0 aliphatic heterocycles. The molecule has 1 aliphatic carbocycles. The molecule has 0 fully saturated rings. The van der Waals surface area contributed by atoms with E-state index in [0.29, 0.717) is 6.42 Å². The molecule has 0 aromatic heterocycles. The molecule has 5 heteroatoms. The molecule has 1 aromatic carbocycles. The summed E-state index contributed by atoms with van der Waals surface area (Å²) < 4.78 is 10.3. The molecule has 0 bridgehead atoms. The monoisotopic (exact) mass is 351 g/mol. The van der Waals surface area contributed by atoms with Crippen LogP contribution in [0.1, 0.15) is 47.5 Å². The van der Waals surface area contributed by atoms with Gasteiger partial charge < -0.3 is 19.9 Å². The standard InChI is InChI=1S/C11H19NO3.C9H12O.H2/c1-11(2,3)15-10(14)12-8-4-6-9(13)7-5-8;1-2-10-8-9-6-4-3-5-7-9;/h4,6,8-9,13H,5,7H2,1-3H3,(H,12,14);3-7H,2,8H2,1H3;1H. The minimum atomic E-state index is -0.470. The molecule has 0 saturated heterocycles. The lowest BCUT2D eigenvalue weighted by atomic mass is 10.0. The van der Waals surface area contributed by atoms with Gasteiger partial charge in [-0.2, -0.15) is 0 Å². The summed E-state index contributed by atoms with van der Waals surface area (Å²) >= 11 is 0. The maximum Gasteiger partial charge on any atom is 0.408 e. The molecule has 2 atom stereocenters. The molecule has 1 amide bonds. The third kappa shape index (κ3) is 10.6. The average molecular weight is 351 g/mol. The Morgan fingerprint density at radius 2 is 1.92 bits per heavy atom. The molecule has 1 aliphatic rings. The fraction of sp³-hybridized carbons (Fsp3) is 0.550. The van der Waals surface area contributed by atoms with Gasteiger partial charge >= 0.3 is 6.09 Å². The van der Waals surface area contributed by atoms with Crippen molar-refractivity contribution in [1.82, 2.24) is 5.32 Å². The zero-order valence-electron chi connectivity index (χ0n) is 15.7. The summed E-state index contributed by atoms with van der Waals surface area (Å²) in [7, 11) is 0. The summed E-state index contributed by atoms with van der Waals surface area (Å²) in [5.74, 6) is 0. The minimum Gasteiger partial charge on any atom is -0.444 e. The van der Waals surface area contributed by atoms with Crippen LogP contribution in [0.25, 0.3) is 0 Å². The normalized spacial score (nSPS) is 19.6. The molecule has 1 aromatic rings. The van der Waals surface area contributed by atoms with Gasteiger partial charge in [-0.25, -0.2) is 4.79 Å². The molecule has 5 nitrogen and oxygen atoms in total. The van der Waals surface area contributed by atoms with Crippen LogP contribution >= 0.6 is 0 Å². The first-order valence-corrected chi connectivity index (χ1v) is 8.77. The van der Waals surface area contributed by atoms with Gasteiger partial charge in [0, 0.05) is 8.03 Å². The number of rotatable bonds is 4. The van der Waals surface area contributed by atoms with E-state index in [0.717, 1.165) is 19.6 Å². The van der Waals surface area contributed by atoms with Gasteiger partial charge in [0.25, 0.3) is 0 Å². The van der Waals surface area contributed by atoms with E-state index in [9.17, 15) is 9.90 Å². The van der Waals surface area contributed by atoms with Crippen LogP contribution in [0.2, 0.25) is 0 Å². The van der Waals surface area contributed by atoms with Crippen LogP contribution in [0.3, 0.4) is 0 Å². The van der Waals surface area contributed by atoms with Crippen LogP contribution in [-0.2, 0) is 16.1 Å². The number of benzene rings is 1. The molecule has 0 spiro atoms. The summed E-state index contributed by atoms with van der Waals surface area (Å²) in [5, 5.41) is 12.0. The lowest BCUT2D eigenvalue weighted by Crippen LogP contribution is -2.39. The van der Waals surface area contributed by atoms with E-state index in [2.05, 4.69) is 17.4 Å². The van der Waals surface area contributed by atoms with Gasteiger partial charge in [-0.3, -0.25) is 0 Å². The highest BCUT2D eigenvalue weighted by Gasteiger charge is 2.20. The van der Waals surface area contributed by atoms with Gasteiger partial charge in [-0.15, -0.1) is 0 Å². The van der Waals surface area contributed by atoms with E-state index >= 15 is 0 Å². The van der Waals surface area contributed by atoms with E-state index < -0.39 is 11.7 Å². The molecule has 142 valence electrons. The number of alkyl carbamates (subject to hydrolysis) is 1. The summed E-state index contributed by atoms with van der Waals surface area (Å²) in [6, 6.07) is 10.2. The number of hydrogen-bond donors (Lipinski definition) is 2. The summed E-state index contributed by atoms with van der Waals surface area (Å²) in [6.07, 6.45) is 4.15. The first kappa shape index (κ1) is 21.2. The Hall–Kier alpha value is -1.85. The number of ether oxygens (including phenoxy) is 2. The number of carbonyl (C=O) groups is 1. The van der Waals surface area contributed by atoms with Gasteiger partial charge in [-0.05, 0) is 46.1 Å². The van der Waals surface area contributed by atoms with E-state index in [-0.39, 0.29) is 13.6 Å². The smallest absolute Gasteiger partial charge is 0.408 e. The van der Waals surface area contributed by atoms with E-state index in [4.69, 9.17) is 9.47 Å². The molecule has 0 heterocycles. The van der Waals surface area contributed by atoms with Crippen molar-refractivity contribution in [2.75, 3.05) is 6.61 Å². The van der Waals surface area contributed by atoms with Crippen LogP contribution in [0.5, 0.6) is 0 Å². The van der Waals surface area contributed by atoms with Crippen molar-refractivity contribution in [2.24, 2.45) is 0 Å². The Morgan fingerprint density at radius 1 is 1.24 bits per heavy atom. The SMILES string of the molecule is CC(C)(C)OC(=O)NC1C=CC(O)CC1.CCOCc1ccccc1.[HH]. The average Bonchev–Trinajstić information content (AvgIpc) is 2.55. The first-order valence-electron chi connectivity index (χ1n) is 8.77. The summed E-state index contributed by atoms with van der Waals surface area (Å²) in [5.41, 5.74) is 0.770. The van der Waals surface area contributed by atoms with Crippen molar-refractivity contribution in [1.29, 1.82) is 0 Å². The fourth-order valence-corrected chi connectivity index (χ4v) is 2.18. The second kappa shape index (κ2) is 10.9. The Kier molecular flexibility index (Phi) is 9.24. The highest BCUT2D eigenvalue weighted by Crippen LogP contribution is 2.12. The van der Waals surface area contributed by atoms with Crippen LogP contribution in [0.15, 0.2) is 42.5 Å².